The Morgan fingerprint density at radius 3 is 3.04 bits per heavy atom. The molecule has 1 aromatic heterocycles. The number of nitrogens with zero attached hydrogens (tertiary/aromatic N) is 1. The highest BCUT2D eigenvalue weighted by Crippen LogP contribution is 2.36. The fraction of sp³-hybridized carbons (Fsp3) is 0.238. The number of fused-ring (bicyclic) bond motifs is 2. The molecule has 1 aliphatic rings. The van der Waals surface area contributed by atoms with Gasteiger partial charge in [0.25, 0.3) is 0 Å². The van der Waals surface area contributed by atoms with Crippen LogP contribution in [0.25, 0.3) is 10.9 Å². The van der Waals surface area contributed by atoms with Crippen LogP contribution in [0.5, 0.6) is 5.75 Å². The van der Waals surface area contributed by atoms with Crippen molar-refractivity contribution in [3.63, 3.8) is 0 Å². The molecule has 0 saturated heterocycles. The van der Waals surface area contributed by atoms with E-state index in [-0.39, 0.29) is 12.1 Å². The summed E-state index contributed by atoms with van der Waals surface area (Å²) in [7, 11) is 1.68. The zero-order valence-electron chi connectivity index (χ0n) is 14.7. The molecule has 0 unspecified atom stereocenters. The number of carbonyl (C=O) groups is 1. The molecule has 0 aliphatic heterocycles. The zero-order valence-corrected chi connectivity index (χ0v) is 14.7. The van der Waals surface area contributed by atoms with Gasteiger partial charge in [-0.05, 0) is 53.8 Å². The monoisotopic (exact) mass is 347 g/mol. The van der Waals surface area contributed by atoms with Crippen LogP contribution in [-0.4, -0.2) is 18.1 Å². The van der Waals surface area contributed by atoms with Crippen molar-refractivity contribution in [2.24, 2.45) is 0 Å². The van der Waals surface area contributed by atoms with Crippen LogP contribution < -0.4 is 15.4 Å². The molecule has 1 heterocycles. The maximum Gasteiger partial charge on any atom is 0.315 e. The maximum absolute atomic E-state index is 12.3. The molecule has 0 spiro atoms. The average Bonchev–Trinajstić information content (AvgIpc) is 3.09. The first-order valence-electron chi connectivity index (χ1n) is 8.78. The van der Waals surface area contributed by atoms with Crippen molar-refractivity contribution in [3.8, 4) is 5.75 Å². The number of hydrogen-bond acceptors (Lipinski definition) is 3. The minimum atomic E-state index is -0.156. The summed E-state index contributed by atoms with van der Waals surface area (Å²) in [6.45, 7) is 0.481. The van der Waals surface area contributed by atoms with Crippen LogP contribution in [0.4, 0.5) is 4.79 Å². The van der Waals surface area contributed by atoms with E-state index in [1.165, 1.54) is 5.56 Å². The van der Waals surface area contributed by atoms with Crippen molar-refractivity contribution in [1.82, 2.24) is 15.6 Å². The van der Waals surface area contributed by atoms with Gasteiger partial charge < -0.3 is 15.4 Å². The van der Waals surface area contributed by atoms with Gasteiger partial charge in [-0.3, -0.25) is 4.98 Å². The minimum absolute atomic E-state index is 0.0286. The predicted octanol–water partition coefficient (Wildman–Crippen LogP) is 3.73. The van der Waals surface area contributed by atoms with Crippen molar-refractivity contribution in [2.45, 2.75) is 25.4 Å². The van der Waals surface area contributed by atoms with Gasteiger partial charge in [-0.1, -0.05) is 24.3 Å². The van der Waals surface area contributed by atoms with Crippen molar-refractivity contribution in [3.05, 3.63) is 71.4 Å². The summed E-state index contributed by atoms with van der Waals surface area (Å²) >= 11 is 0. The van der Waals surface area contributed by atoms with Crippen molar-refractivity contribution < 1.29 is 9.53 Å². The fourth-order valence-electron chi connectivity index (χ4n) is 3.59. The summed E-state index contributed by atoms with van der Waals surface area (Å²) in [5, 5.41) is 7.10. The Labute approximate surface area is 152 Å². The highest BCUT2D eigenvalue weighted by molar-refractivity contribution is 5.79. The molecule has 26 heavy (non-hydrogen) atoms. The first-order valence-corrected chi connectivity index (χ1v) is 8.78. The number of urea groups is 1. The van der Waals surface area contributed by atoms with Gasteiger partial charge in [0, 0.05) is 18.1 Å². The topological polar surface area (TPSA) is 63.2 Å². The number of hydrogen-bond donors (Lipinski definition) is 2. The van der Waals surface area contributed by atoms with Gasteiger partial charge in [0.15, 0.2) is 0 Å². The average molecular weight is 347 g/mol. The second-order valence-electron chi connectivity index (χ2n) is 6.48. The number of aromatic nitrogens is 1. The van der Waals surface area contributed by atoms with E-state index in [1.807, 2.05) is 36.4 Å². The van der Waals surface area contributed by atoms with E-state index < -0.39 is 0 Å². The number of pyridine rings is 1. The lowest BCUT2D eigenvalue weighted by Gasteiger charge is -2.15. The van der Waals surface area contributed by atoms with Gasteiger partial charge in [0.1, 0.15) is 5.75 Å². The van der Waals surface area contributed by atoms with E-state index in [9.17, 15) is 4.79 Å². The largest absolute Gasteiger partial charge is 0.496 e. The lowest BCUT2D eigenvalue weighted by Crippen LogP contribution is -2.36. The molecule has 3 aromatic rings. The van der Waals surface area contributed by atoms with Crippen molar-refractivity contribution in [1.29, 1.82) is 0 Å². The molecule has 4 rings (SSSR count). The van der Waals surface area contributed by atoms with Crippen LogP contribution in [0, 0.1) is 0 Å². The number of nitrogens with one attached hydrogen (secondary N) is 2. The summed E-state index contributed by atoms with van der Waals surface area (Å²) in [6, 6.07) is 15.8. The number of benzene rings is 2. The number of methoxy groups -OCH3 is 1. The molecule has 2 aromatic carbocycles. The Balaban J connectivity index is 1.39. The Kier molecular flexibility index (Phi) is 4.44. The highest BCUT2D eigenvalue weighted by Gasteiger charge is 2.26. The van der Waals surface area contributed by atoms with Crippen molar-refractivity contribution in [2.75, 3.05) is 7.11 Å². The first kappa shape index (κ1) is 16.4. The molecule has 2 amide bonds. The molecule has 2 N–H and O–H groups in total. The zero-order chi connectivity index (χ0) is 17.9. The van der Waals surface area contributed by atoms with Crippen LogP contribution in [0.15, 0.2) is 54.7 Å². The van der Waals surface area contributed by atoms with Crippen LogP contribution in [-0.2, 0) is 13.0 Å². The minimum Gasteiger partial charge on any atom is -0.496 e. The predicted molar refractivity (Wildman–Crippen MR) is 101 cm³/mol. The molecule has 5 heteroatoms. The Bertz CT molecular complexity index is 955. The SMILES string of the molecule is COc1cccc2c1CC[C@@H]2NC(=O)NCc1ccc2ncccc2c1. The number of ether oxygens (including phenoxy) is 1. The second-order valence-corrected chi connectivity index (χ2v) is 6.48. The third-order valence-electron chi connectivity index (χ3n) is 4.87. The smallest absolute Gasteiger partial charge is 0.315 e. The summed E-state index contributed by atoms with van der Waals surface area (Å²) in [5.41, 5.74) is 4.35. The molecule has 1 atom stereocenters. The van der Waals surface area contributed by atoms with E-state index in [4.69, 9.17) is 4.74 Å². The molecule has 0 fully saturated rings. The Morgan fingerprint density at radius 1 is 1.23 bits per heavy atom. The van der Waals surface area contributed by atoms with Crippen LogP contribution in [0.3, 0.4) is 0 Å². The Hall–Kier alpha value is -3.08. The quantitative estimate of drug-likeness (QED) is 0.756. The summed E-state index contributed by atoms with van der Waals surface area (Å²) in [6.07, 6.45) is 3.59. The molecular formula is C21H21N3O2. The standard InChI is InChI=1S/C21H21N3O2/c1-26-20-6-2-5-16-17(20)8-10-19(16)24-21(25)23-13-14-7-9-18-15(12-14)4-3-11-22-18/h2-7,9,11-12,19H,8,10,13H2,1H3,(H2,23,24,25)/t19-/m0/s1. The lowest BCUT2D eigenvalue weighted by atomic mass is 10.1. The maximum atomic E-state index is 12.3. The van der Waals surface area contributed by atoms with Gasteiger partial charge in [-0.25, -0.2) is 4.79 Å². The van der Waals surface area contributed by atoms with Crippen LogP contribution in [0.1, 0.15) is 29.2 Å². The normalized spacial score (nSPS) is 15.5. The molecule has 132 valence electrons. The molecule has 0 radical (unpaired) electrons. The molecular weight excluding hydrogens is 326 g/mol. The summed E-state index contributed by atoms with van der Waals surface area (Å²) in [4.78, 5) is 16.6. The number of amides is 2. The van der Waals surface area contributed by atoms with Gasteiger partial charge in [-0.15, -0.1) is 0 Å². The fourth-order valence-corrected chi connectivity index (χ4v) is 3.59. The molecule has 1 aliphatic carbocycles. The van der Waals surface area contributed by atoms with Crippen LogP contribution in [0.2, 0.25) is 0 Å². The number of rotatable bonds is 4. The lowest BCUT2D eigenvalue weighted by molar-refractivity contribution is 0.236. The van der Waals surface area contributed by atoms with Crippen molar-refractivity contribution >= 4 is 16.9 Å². The summed E-state index contributed by atoms with van der Waals surface area (Å²) < 4.78 is 5.42. The number of carbonyl (C=O) groups excluding carboxylic acids is 1. The van der Waals surface area contributed by atoms with E-state index >= 15 is 0 Å². The van der Waals surface area contributed by atoms with Gasteiger partial charge >= 0.3 is 6.03 Å². The van der Waals surface area contributed by atoms with E-state index in [0.29, 0.717) is 6.54 Å². The van der Waals surface area contributed by atoms with Gasteiger partial charge in [-0.2, -0.15) is 0 Å². The van der Waals surface area contributed by atoms with Crippen LogP contribution >= 0.6 is 0 Å². The van der Waals surface area contributed by atoms with E-state index in [0.717, 1.165) is 40.6 Å². The Morgan fingerprint density at radius 2 is 2.15 bits per heavy atom. The van der Waals surface area contributed by atoms with E-state index in [2.05, 4.69) is 27.8 Å². The summed E-state index contributed by atoms with van der Waals surface area (Å²) in [5.74, 6) is 0.900. The third-order valence-corrected chi connectivity index (χ3v) is 4.87. The highest BCUT2D eigenvalue weighted by atomic mass is 16.5. The van der Waals surface area contributed by atoms with E-state index in [1.54, 1.807) is 13.3 Å². The third kappa shape index (κ3) is 3.20. The second kappa shape index (κ2) is 7.04. The van der Waals surface area contributed by atoms with Gasteiger partial charge in [0.2, 0.25) is 0 Å². The molecule has 0 saturated carbocycles. The first-order chi connectivity index (χ1) is 12.7. The molecule has 0 bridgehead atoms. The molecule has 5 nitrogen and oxygen atoms in total. The van der Waals surface area contributed by atoms with Gasteiger partial charge in [0.05, 0.1) is 18.7 Å².